The van der Waals surface area contributed by atoms with Crippen molar-refractivity contribution in [1.29, 1.82) is 0 Å². The van der Waals surface area contributed by atoms with Crippen LogP contribution in [0.15, 0.2) is 39.8 Å². The van der Waals surface area contributed by atoms with E-state index in [4.69, 9.17) is 14.9 Å². The van der Waals surface area contributed by atoms with Crippen LogP contribution >= 0.6 is 0 Å². The minimum Gasteiger partial charge on any atom is -0.459 e. The van der Waals surface area contributed by atoms with E-state index >= 15 is 0 Å². The Kier molecular flexibility index (Phi) is 6.82. The van der Waals surface area contributed by atoms with Gasteiger partial charge in [-0.2, -0.15) is 0 Å². The standard InChI is InChI=1S/C22H27N5O5S/c1-6-22(4,5)32-18(28)11-17-26-27-21(31-17)19-20(23)24-12-16(25-19)14-7-9-15(10-8-14)33(29,30)13(2)3/h7-10,12-13H,6,11H2,1-5H3,(H2,23,24). The molecule has 1 aromatic carbocycles. The molecule has 0 unspecified atom stereocenters. The highest BCUT2D eigenvalue weighted by Gasteiger charge is 2.23. The van der Waals surface area contributed by atoms with Crippen LogP contribution in [0.3, 0.4) is 0 Å². The number of nitrogens with two attached hydrogens (primary N) is 1. The molecule has 10 nitrogen and oxygen atoms in total. The Morgan fingerprint density at radius 2 is 1.85 bits per heavy atom. The van der Waals surface area contributed by atoms with Crippen molar-refractivity contribution in [3.8, 4) is 22.8 Å². The van der Waals surface area contributed by atoms with E-state index in [1.54, 1.807) is 26.0 Å². The molecule has 33 heavy (non-hydrogen) atoms. The lowest BCUT2D eigenvalue weighted by Crippen LogP contribution is -2.27. The molecule has 11 heteroatoms. The molecule has 0 bridgehead atoms. The van der Waals surface area contributed by atoms with E-state index in [1.807, 2.05) is 20.8 Å². The third-order valence-electron chi connectivity index (χ3n) is 5.11. The van der Waals surface area contributed by atoms with Crippen LogP contribution in [0.2, 0.25) is 0 Å². The molecule has 2 aromatic heterocycles. The second-order valence-corrected chi connectivity index (χ2v) is 10.9. The molecule has 3 rings (SSSR count). The summed E-state index contributed by atoms with van der Waals surface area (Å²) in [5.41, 5.74) is 6.60. The molecule has 0 aliphatic carbocycles. The van der Waals surface area contributed by atoms with Crippen LogP contribution in [0.25, 0.3) is 22.8 Å². The number of hydrogen-bond acceptors (Lipinski definition) is 10. The van der Waals surface area contributed by atoms with Crippen LogP contribution in [-0.4, -0.2) is 45.4 Å². The van der Waals surface area contributed by atoms with Crippen LogP contribution < -0.4 is 5.73 Å². The van der Waals surface area contributed by atoms with Gasteiger partial charge >= 0.3 is 5.97 Å². The van der Waals surface area contributed by atoms with E-state index in [9.17, 15) is 13.2 Å². The lowest BCUT2D eigenvalue weighted by atomic mass is 10.1. The zero-order valence-corrected chi connectivity index (χ0v) is 20.0. The molecule has 0 amide bonds. The van der Waals surface area contributed by atoms with E-state index in [-0.39, 0.29) is 34.6 Å². The predicted molar refractivity (Wildman–Crippen MR) is 122 cm³/mol. The summed E-state index contributed by atoms with van der Waals surface area (Å²) in [6.07, 6.45) is 1.94. The third-order valence-corrected chi connectivity index (χ3v) is 7.28. The Balaban J connectivity index is 1.84. The van der Waals surface area contributed by atoms with Gasteiger partial charge in [-0.1, -0.05) is 19.1 Å². The maximum absolute atomic E-state index is 12.3. The first kappa shape index (κ1) is 24.3. The summed E-state index contributed by atoms with van der Waals surface area (Å²) in [6.45, 7) is 8.81. The van der Waals surface area contributed by atoms with E-state index in [2.05, 4.69) is 20.2 Å². The molecule has 2 N–H and O–H groups in total. The highest BCUT2D eigenvalue weighted by Crippen LogP contribution is 2.27. The van der Waals surface area contributed by atoms with Crippen LogP contribution in [0.1, 0.15) is 46.9 Å². The number of nitrogens with zero attached hydrogens (tertiary/aromatic N) is 4. The summed E-state index contributed by atoms with van der Waals surface area (Å²) in [5, 5.41) is 7.29. The number of benzene rings is 1. The third kappa shape index (κ3) is 5.54. The lowest BCUT2D eigenvalue weighted by Gasteiger charge is -2.22. The Labute approximate surface area is 192 Å². The molecule has 2 heterocycles. The van der Waals surface area contributed by atoms with Gasteiger partial charge in [-0.15, -0.1) is 10.2 Å². The normalized spacial score (nSPS) is 12.2. The lowest BCUT2D eigenvalue weighted by molar-refractivity contribution is -0.156. The molecule has 3 aromatic rings. The van der Waals surface area contributed by atoms with Crippen molar-refractivity contribution in [2.75, 3.05) is 5.73 Å². The van der Waals surface area contributed by atoms with Gasteiger partial charge in [0, 0.05) is 5.56 Å². The van der Waals surface area contributed by atoms with Gasteiger partial charge in [0.1, 0.15) is 12.0 Å². The number of anilines is 1. The molecule has 0 spiro atoms. The first-order valence-electron chi connectivity index (χ1n) is 10.4. The average Bonchev–Trinajstić information content (AvgIpc) is 3.21. The fraction of sp³-hybridized carbons (Fsp3) is 0.409. The zero-order valence-electron chi connectivity index (χ0n) is 19.2. The predicted octanol–water partition coefficient (Wildman–Crippen LogP) is 3.23. The molecule has 0 aliphatic heterocycles. The van der Waals surface area contributed by atoms with Gasteiger partial charge in [0.2, 0.25) is 5.89 Å². The number of carbonyl (C=O) groups is 1. The van der Waals surface area contributed by atoms with Crippen molar-refractivity contribution in [2.24, 2.45) is 0 Å². The zero-order chi connectivity index (χ0) is 24.4. The van der Waals surface area contributed by atoms with Gasteiger partial charge in [-0.05, 0) is 46.2 Å². The summed E-state index contributed by atoms with van der Waals surface area (Å²) < 4.78 is 35.6. The van der Waals surface area contributed by atoms with Gasteiger partial charge < -0.3 is 14.9 Å². The summed E-state index contributed by atoms with van der Waals surface area (Å²) in [7, 11) is -3.38. The largest absolute Gasteiger partial charge is 0.459 e. The van der Waals surface area contributed by atoms with Crippen LogP contribution in [0, 0.1) is 0 Å². The topological polar surface area (TPSA) is 151 Å². The minimum atomic E-state index is -3.38. The molecule has 0 aliphatic rings. The molecular formula is C22H27N5O5S. The van der Waals surface area contributed by atoms with Crippen molar-refractivity contribution >= 4 is 21.6 Å². The number of hydrogen-bond donors (Lipinski definition) is 1. The minimum absolute atomic E-state index is 0.0124. The molecule has 176 valence electrons. The number of carbonyl (C=O) groups excluding carboxylic acids is 1. The Morgan fingerprint density at radius 3 is 2.45 bits per heavy atom. The van der Waals surface area contributed by atoms with Crippen LogP contribution in [0.5, 0.6) is 0 Å². The van der Waals surface area contributed by atoms with E-state index < -0.39 is 26.7 Å². The number of nitrogen functional groups attached to an aromatic ring is 1. The maximum atomic E-state index is 12.3. The van der Waals surface area contributed by atoms with E-state index in [0.717, 1.165) is 0 Å². The van der Waals surface area contributed by atoms with Crippen molar-refractivity contribution in [1.82, 2.24) is 20.2 Å². The Bertz CT molecular complexity index is 1250. The molecule has 0 saturated heterocycles. The van der Waals surface area contributed by atoms with Crippen LogP contribution in [-0.2, 0) is 25.8 Å². The second-order valence-electron chi connectivity index (χ2n) is 8.37. The van der Waals surface area contributed by atoms with Gasteiger partial charge in [0.25, 0.3) is 5.89 Å². The van der Waals surface area contributed by atoms with Crippen molar-refractivity contribution in [3.63, 3.8) is 0 Å². The Hall–Kier alpha value is -3.34. The van der Waals surface area contributed by atoms with E-state index in [1.165, 1.54) is 18.3 Å². The highest BCUT2D eigenvalue weighted by atomic mass is 32.2. The Morgan fingerprint density at radius 1 is 1.18 bits per heavy atom. The van der Waals surface area contributed by atoms with Gasteiger partial charge in [-0.25, -0.2) is 18.4 Å². The average molecular weight is 474 g/mol. The SMILES string of the molecule is CCC(C)(C)OC(=O)Cc1nnc(-c2nc(-c3ccc(S(=O)(=O)C(C)C)cc3)cnc2N)o1. The number of esters is 1. The smallest absolute Gasteiger partial charge is 0.315 e. The van der Waals surface area contributed by atoms with Crippen LogP contribution in [0.4, 0.5) is 5.82 Å². The van der Waals surface area contributed by atoms with Crippen molar-refractivity contribution in [3.05, 3.63) is 36.4 Å². The first-order valence-corrected chi connectivity index (χ1v) is 12.0. The molecule has 0 radical (unpaired) electrons. The van der Waals surface area contributed by atoms with Crippen molar-refractivity contribution in [2.45, 2.75) is 63.2 Å². The fourth-order valence-electron chi connectivity index (χ4n) is 2.74. The van der Waals surface area contributed by atoms with E-state index in [0.29, 0.717) is 17.7 Å². The summed E-state index contributed by atoms with van der Waals surface area (Å²) in [5.74, 6) is -0.334. The highest BCUT2D eigenvalue weighted by molar-refractivity contribution is 7.92. The summed E-state index contributed by atoms with van der Waals surface area (Å²) in [4.78, 5) is 21.0. The maximum Gasteiger partial charge on any atom is 0.315 e. The summed E-state index contributed by atoms with van der Waals surface area (Å²) >= 11 is 0. The fourth-order valence-corrected chi connectivity index (χ4v) is 3.80. The summed E-state index contributed by atoms with van der Waals surface area (Å²) in [6, 6.07) is 6.33. The first-order chi connectivity index (χ1) is 15.4. The monoisotopic (exact) mass is 473 g/mol. The molecule has 0 fully saturated rings. The molecule has 0 saturated carbocycles. The van der Waals surface area contributed by atoms with Crippen molar-refractivity contribution < 1.29 is 22.4 Å². The number of sulfone groups is 1. The van der Waals surface area contributed by atoms with Gasteiger partial charge in [-0.3, -0.25) is 4.79 Å². The number of ether oxygens (including phenoxy) is 1. The second kappa shape index (κ2) is 9.26. The van der Waals surface area contributed by atoms with Gasteiger partial charge in [0.15, 0.2) is 21.3 Å². The molecule has 0 atom stereocenters. The number of rotatable bonds is 8. The quantitative estimate of drug-likeness (QED) is 0.483. The van der Waals surface area contributed by atoms with Gasteiger partial charge in [0.05, 0.1) is 22.0 Å². The number of aromatic nitrogens is 4. The molecular weight excluding hydrogens is 446 g/mol.